The Morgan fingerprint density at radius 1 is 1.50 bits per heavy atom. The van der Waals surface area contributed by atoms with Crippen molar-refractivity contribution in [2.45, 2.75) is 25.2 Å². The predicted molar refractivity (Wildman–Crippen MR) is 40.6 cm³/mol. The maximum Gasteiger partial charge on any atom is 0.189 e. The summed E-state index contributed by atoms with van der Waals surface area (Å²) in [4.78, 5) is 10.8. The monoisotopic (exact) mass is 178 g/mol. The molecule has 0 spiro atoms. The highest BCUT2D eigenvalue weighted by Gasteiger charge is 2.28. The highest BCUT2D eigenvalue weighted by molar-refractivity contribution is 5.84. The van der Waals surface area contributed by atoms with Crippen LogP contribution in [-0.2, 0) is 9.53 Å². The predicted octanol–water partition coefficient (Wildman–Crippen LogP) is -1.70. The number of hydrogen-bond acceptors (Lipinski definition) is 5. The third kappa shape index (κ3) is 2.86. The van der Waals surface area contributed by atoms with E-state index in [2.05, 4.69) is 4.74 Å². The zero-order chi connectivity index (χ0) is 9.72. The number of Topliss-reactive ketones (excluding diaryl/α,β-unsaturated/α-hetero) is 1. The Kier molecular flexibility index (Phi) is 5.00. The summed E-state index contributed by atoms with van der Waals surface area (Å²) < 4.78 is 4.61. The lowest BCUT2D eigenvalue weighted by molar-refractivity contribution is -0.144. The van der Waals surface area contributed by atoms with Crippen LogP contribution >= 0.6 is 0 Å². The van der Waals surface area contributed by atoms with Gasteiger partial charge >= 0.3 is 0 Å². The van der Waals surface area contributed by atoms with Crippen molar-refractivity contribution in [1.29, 1.82) is 0 Å². The summed E-state index contributed by atoms with van der Waals surface area (Å²) in [6.07, 6.45) is -3.52. The molecule has 0 aliphatic rings. The fraction of sp³-hybridized carbons (Fsp3) is 0.857. The number of carbonyl (C=O) groups excluding carboxylic acids is 1. The molecule has 0 aromatic rings. The first-order chi connectivity index (χ1) is 5.54. The van der Waals surface area contributed by atoms with Gasteiger partial charge in [0.05, 0.1) is 6.10 Å². The molecule has 0 saturated heterocycles. The minimum atomic E-state index is -1.30. The molecule has 5 nitrogen and oxygen atoms in total. The van der Waals surface area contributed by atoms with Gasteiger partial charge in [-0.05, 0) is 6.92 Å². The first-order valence-electron chi connectivity index (χ1n) is 3.57. The molecule has 0 aliphatic carbocycles. The molecular weight excluding hydrogens is 164 g/mol. The van der Waals surface area contributed by atoms with Gasteiger partial charge in [-0.2, -0.15) is 0 Å². The van der Waals surface area contributed by atoms with Crippen LogP contribution in [0.2, 0.25) is 0 Å². The minimum absolute atomic E-state index is 0.647. The van der Waals surface area contributed by atoms with E-state index < -0.39 is 30.7 Å². The van der Waals surface area contributed by atoms with Gasteiger partial charge in [0.15, 0.2) is 5.78 Å². The quantitative estimate of drug-likeness (QED) is 0.467. The maximum absolute atomic E-state index is 10.8. The Bertz CT molecular complexity index is 145. The van der Waals surface area contributed by atoms with Crippen molar-refractivity contribution in [3.63, 3.8) is 0 Å². The summed E-state index contributed by atoms with van der Waals surface area (Å²) in [5, 5.41) is 26.5. The van der Waals surface area contributed by atoms with E-state index in [9.17, 15) is 9.90 Å². The lowest BCUT2D eigenvalue weighted by Crippen LogP contribution is -2.43. The molecule has 0 heterocycles. The molecule has 0 radical (unpaired) electrons. The van der Waals surface area contributed by atoms with E-state index in [1.54, 1.807) is 0 Å². The molecule has 0 amide bonds. The van der Waals surface area contributed by atoms with Crippen molar-refractivity contribution in [2.24, 2.45) is 0 Å². The van der Waals surface area contributed by atoms with Crippen LogP contribution in [0.3, 0.4) is 0 Å². The number of ether oxygens (including phenoxy) is 1. The van der Waals surface area contributed by atoms with Crippen LogP contribution in [0.5, 0.6) is 0 Å². The van der Waals surface area contributed by atoms with Crippen LogP contribution < -0.4 is 0 Å². The molecule has 12 heavy (non-hydrogen) atoms. The summed E-state index contributed by atoms with van der Waals surface area (Å²) in [6, 6.07) is 0. The van der Waals surface area contributed by atoms with Gasteiger partial charge in [-0.15, -0.1) is 0 Å². The number of methoxy groups -OCH3 is 1. The van der Waals surface area contributed by atoms with Crippen molar-refractivity contribution in [2.75, 3.05) is 13.7 Å². The number of hydrogen-bond donors (Lipinski definition) is 3. The second-order valence-corrected chi connectivity index (χ2v) is 2.51. The molecule has 0 unspecified atom stereocenters. The van der Waals surface area contributed by atoms with Crippen molar-refractivity contribution in [3.05, 3.63) is 0 Å². The maximum atomic E-state index is 10.8. The largest absolute Gasteiger partial charge is 0.391 e. The fourth-order valence-electron chi connectivity index (χ4n) is 0.804. The Hall–Kier alpha value is -0.490. The fourth-order valence-corrected chi connectivity index (χ4v) is 0.804. The summed E-state index contributed by atoms with van der Waals surface area (Å²) in [5.74, 6) is -0.647. The van der Waals surface area contributed by atoms with Crippen molar-refractivity contribution >= 4 is 5.78 Å². The molecule has 5 heteroatoms. The van der Waals surface area contributed by atoms with E-state index in [1.807, 2.05) is 0 Å². The molecule has 3 atom stereocenters. The SMILES string of the molecule is CO[C@@H](C(=O)CO)[C@H](O)[C@@H](C)O. The van der Waals surface area contributed by atoms with Gasteiger partial charge in [-0.3, -0.25) is 4.79 Å². The van der Waals surface area contributed by atoms with Gasteiger partial charge in [0.25, 0.3) is 0 Å². The van der Waals surface area contributed by atoms with Crippen molar-refractivity contribution < 1.29 is 24.9 Å². The molecule has 0 rings (SSSR count). The molecule has 0 saturated carbocycles. The van der Waals surface area contributed by atoms with Gasteiger partial charge in [0.2, 0.25) is 0 Å². The van der Waals surface area contributed by atoms with Gasteiger partial charge in [-0.25, -0.2) is 0 Å². The Balaban J connectivity index is 4.23. The Morgan fingerprint density at radius 2 is 2.00 bits per heavy atom. The van der Waals surface area contributed by atoms with Gasteiger partial charge in [0, 0.05) is 7.11 Å². The lowest BCUT2D eigenvalue weighted by atomic mass is 10.1. The zero-order valence-corrected chi connectivity index (χ0v) is 7.10. The van der Waals surface area contributed by atoms with Crippen LogP contribution in [0.15, 0.2) is 0 Å². The topological polar surface area (TPSA) is 87.0 Å². The molecule has 0 fully saturated rings. The molecule has 0 aromatic heterocycles. The minimum Gasteiger partial charge on any atom is -0.391 e. The van der Waals surface area contributed by atoms with Crippen LogP contribution in [0, 0.1) is 0 Å². The zero-order valence-electron chi connectivity index (χ0n) is 7.10. The molecule has 0 bridgehead atoms. The Labute approximate surface area is 70.6 Å². The number of carbonyl (C=O) groups is 1. The number of rotatable bonds is 5. The third-order valence-corrected chi connectivity index (χ3v) is 1.53. The molecule has 0 aromatic carbocycles. The van der Waals surface area contributed by atoms with Gasteiger partial charge in [0.1, 0.15) is 18.8 Å². The van der Waals surface area contributed by atoms with Gasteiger partial charge in [-0.1, -0.05) is 0 Å². The standard InChI is InChI=1S/C7H14O5/c1-4(9)6(11)7(12-2)5(10)3-8/h4,6-9,11H,3H2,1-2H3/t4-,6-,7+/m1/s1. The summed E-state index contributed by atoms with van der Waals surface area (Å²) in [6.45, 7) is 0.629. The summed E-state index contributed by atoms with van der Waals surface area (Å²) in [5.41, 5.74) is 0. The first-order valence-corrected chi connectivity index (χ1v) is 3.57. The van der Waals surface area contributed by atoms with E-state index in [-0.39, 0.29) is 0 Å². The van der Waals surface area contributed by atoms with E-state index in [1.165, 1.54) is 14.0 Å². The van der Waals surface area contributed by atoms with E-state index in [4.69, 9.17) is 10.2 Å². The normalized spacial score (nSPS) is 18.4. The lowest BCUT2D eigenvalue weighted by Gasteiger charge is -2.21. The van der Waals surface area contributed by atoms with Crippen LogP contribution in [0.25, 0.3) is 0 Å². The molecule has 3 N–H and O–H groups in total. The second-order valence-electron chi connectivity index (χ2n) is 2.51. The average molecular weight is 178 g/mol. The van der Waals surface area contributed by atoms with Gasteiger partial charge < -0.3 is 20.1 Å². The number of aliphatic hydroxyl groups is 3. The molecule has 0 aliphatic heterocycles. The van der Waals surface area contributed by atoms with Crippen LogP contribution in [-0.4, -0.2) is 53.1 Å². The first kappa shape index (κ1) is 11.5. The number of ketones is 1. The van der Waals surface area contributed by atoms with Crippen molar-refractivity contribution in [1.82, 2.24) is 0 Å². The van der Waals surface area contributed by atoms with E-state index in [0.717, 1.165) is 0 Å². The molecular formula is C7H14O5. The third-order valence-electron chi connectivity index (χ3n) is 1.53. The average Bonchev–Trinajstić information content (AvgIpc) is 2.05. The Morgan fingerprint density at radius 3 is 2.25 bits per heavy atom. The summed E-state index contributed by atoms with van der Waals surface area (Å²) in [7, 11) is 1.23. The smallest absolute Gasteiger partial charge is 0.189 e. The van der Waals surface area contributed by atoms with Crippen LogP contribution in [0.4, 0.5) is 0 Å². The van der Waals surface area contributed by atoms with E-state index >= 15 is 0 Å². The van der Waals surface area contributed by atoms with E-state index in [0.29, 0.717) is 0 Å². The highest BCUT2D eigenvalue weighted by atomic mass is 16.5. The number of aliphatic hydroxyl groups excluding tert-OH is 3. The van der Waals surface area contributed by atoms with Crippen molar-refractivity contribution in [3.8, 4) is 0 Å². The molecule has 72 valence electrons. The second kappa shape index (κ2) is 5.21. The highest BCUT2D eigenvalue weighted by Crippen LogP contribution is 2.04. The van der Waals surface area contributed by atoms with Crippen LogP contribution in [0.1, 0.15) is 6.92 Å². The summed E-state index contributed by atoms with van der Waals surface area (Å²) >= 11 is 0.